The molecule has 0 radical (unpaired) electrons. The molecule has 1 aliphatic rings. The van der Waals surface area contributed by atoms with Crippen molar-refractivity contribution in [2.24, 2.45) is 0 Å². The molecule has 0 saturated carbocycles. The Bertz CT molecular complexity index is 1130. The number of pyridine rings is 1. The molecular weight excluding hydrogens is 368 g/mol. The van der Waals surface area contributed by atoms with Gasteiger partial charge in [-0.15, -0.1) is 0 Å². The minimum Gasteiger partial charge on any atom is -0.449 e. The number of nitrogens with one attached hydrogen (secondary N) is 2. The lowest BCUT2D eigenvalue weighted by Crippen LogP contribution is -2.39. The fourth-order valence-electron chi connectivity index (χ4n) is 3.84. The van der Waals surface area contributed by atoms with E-state index in [1.807, 2.05) is 18.2 Å². The molecule has 4 rings (SSSR count). The number of rotatable bonds is 4. The van der Waals surface area contributed by atoms with E-state index in [4.69, 9.17) is 4.74 Å². The molecule has 0 fully saturated rings. The minimum atomic E-state index is -0.977. The first kappa shape index (κ1) is 18.9. The second-order valence-electron chi connectivity index (χ2n) is 7.29. The summed E-state index contributed by atoms with van der Waals surface area (Å²) in [6.45, 7) is 1.54. The monoisotopic (exact) mass is 390 g/mol. The summed E-state index contributed by atoms with van der Waals surface area (Å²) in [5.41, 5.74) is 2.65. The first-order chi connectivity index (χ1) is 14.0. The number of hydrogen-bond donors (Lipinski definition) is 2. The molecular formula is C23H22N2O4. The molecule has 1 heterocycles. The number of esters is 1. The van der Waals surface area contributed by atoms with Crippen LogP contribution in [0.4, 0.5) is 0 Å². The Morgan fingerprint density at radius 3 is 2.76 bits per heavy atom. The number of aromatic amines is 1. The highest BCUT2D eigenvalue weighted by molar-refractivity contribution is 6.03. The largest absolute Gasteiger partial charge is 0.449 e. The zero-order chi connectivity index (χ0) is 20.4. The predicted molar refractivity (Wildman–Crippen MR) is 110 cm³/mol. The number of aryl methyl sites for hydroxylation is 1. The summed E-state index contributed by atoms with van der Waals surface area (Å²) in [4.78, 5) is 39.9. The van der Waals surface area contributed by atoms with Crippen LogP contribution in [0.2, 0.25) is 0 Å². The molecule has 0 saturated heterocycles. The van der Waals surface area contributed by atoms with Crippen LogP contribution in [0.25, 0.3) is 10.9 Å². The predicted octanol–water partition coefficient (Wildman–Crippen LogP) is 3.27. The molecule has 2 atom stereocenters. The lowest BCUT2D eigenvalue weighted by atomic mass is 9.87. The number of ether oxygens (including phenoxy) is 1. The van der Waals surface area contributed by atoms with Crippen LogP contribution in [0, 0.1) is 0 Å². The summed E-state index contributed by atoms with van der Waals surface area (Å²) < 4.78 is 5.39. The van der Waals surface area contributed by atoms with Gasteiger partial charge < -0.3 is 15.0 Å². The van der Waals surface area contributed by atoms with Gasteiger partial charge in [-0.2, -0.15) is 0 Å². The SMILES string of the molecule is C[C@@H](OC(=O)c1cc(=O)[nH]c2ccccc12)C(=O)N[C@H]1CCCc2ccccc21. The smallest absolute Gasteiger partial charge is 0.339 e. The molecule has 6 nitrogen and oxygen atoms in total. The van der Waals surface area contributed by atoms with Crippen molar-refractivity contribution < 1.29 is 14.3 Å². The normalized spacial score (nSPS) is 16.7. The van der Waals surface area contributed by atoms with E-state index in [-0.39, 0.29) is 17.5 Å². The topological polar surface area (TPSA) is 88.3 Å². The van der Waals surface area contributed by atoms with Crippen LogP contribution < -0.4 is 10.9 Å². The number of carbonyl (C=O) groups is 2. The zero-order valence-electron chi connectivity index (χ0n) is 16.1. The second-order valence-corrected chi connectivity index (χ2v) is 7.29. The van der Waals surface area contributed by atoms with Crippen LogP contribution in [0.3, 0.4) is 0 Å². The molecule has 148 valence electrons. The van der Waals surface area contributed by atoms with Gasteiger partial charge in [0.15, 0.2) is 6.10 Å². The Kier molecular flexibility index (Phi) is 5.16. The standard InChI is InChI=1S/C23H22N2O4/c1-14(22(27)25-19-12-6-8-15-7-2-3-9-16(15)19)29-23(28)18-13-21(26)24-20-11-5-4-10-17(18)20/h2-5,7,9-11,13-14,19H,6,8,12H2,1H3,(H,24,26)(H,25,27)/t14-,19+/m1/s1. The van der Waals surface area contributed by atoms with Gasteiger partial charge in [-0.1, -0.05) is 42.5 Å². The number of aromatic nitrogens is 1. The second kappa shape index (κ2) is 7.91. The van der Waals surface area contributed by atoms with Gasteiger partial charge in [0.25, 0.3) is 5.91 Å². The maximum Gasteiger partial charge on any atom is 0.339 e. The van der Waals surface area contributed by atoms with Crippen molar-refractivity contribution in [3.63, 3.8) is 0 Å². The summed E-state index contributed by atoms with van der Waals surface area (Å²) in [5, 5.41) is 3.57. The molecule has 6 heteroatoms. The molecule has 0 spiro atoms. The number of para-hydroxylation sites is 1. The number of amides is 1. The van der Waals surface area contributed by atoms with E-state index in [9.17, 15) is 14.4 Å². The van der Waals surface area contributed by atoms with Crippen LogP contribution in [-0.4, -0.2) is 23.0 Å². The summed E-state index contributed by atoms with van der Waals surface area (Å²) >= 11 is 0. The number of carbonyl (C=O) groups excluding carboxylic acids is 2. The van der Waals surface area contributed by atoms with Gasteiger partial charge in [0.1, 0.15) is 0 Å². The van der Waals surface area contributed by atoms with Crippen molar-refractivity contribution in [3.05, 3.63) is 81.6 Å². The van der Waals surface area contributed by atoms with E-state index >= 15 is 0 Å². The van der Waals surface area contributed by atoms with E-state index in [1.165, 1.54) is 18.6 Å². The third-order valence-corrected chi connectivity index (χ3v) is 5.31. The van der Waals surface area contributed by atoms with Crippen molar-refractivity contribution in [3.8, 4) is 0 Å². The third kappa shape index (κ3) is 3.92. The first-order valence-electron chi connectivity index (χ1n) is 9.74. The van der Waals surface area contributed by atoms with E-state index < -0.39 is 17.6 Å². The van der Waals surface area contributed by atoms with Gasteiger partial charge >= 0.3 is 5.97 Å². The van der Waals surface area contributed by atoms with Crippen LogP contribution >= 0.6 is 0 Å². The van der Waals surface area contributed by atoms with E-state index in [1.54, 1.807) is 24.3 Å². The summed E-state index contributed by atoms with van der Waals surface area (Å²) in [6.07, 6.45) is 1.87. The summed E-state index contributed by atoms with van der Waals surface area (Å²) in [5.74, 6) is -1.05. The maximum atomic E-state index is 12.7. The van der Waals surface area contributed by atoms with Crippen LogP contribution in [0.5, 0.6) is 0 Å². The van der Waals surface area contributed by atoms with Gasteiger partial charge in [-0.3, -0.25) is 9.59 Å². The zero-order valence-corrected chi connectivity index (χ0v) is 16.1. The van der Waals surface area contributed by atoms with Gasteiger partial charge in [-0.25, -0.2) is 4.79 Å². The van der Waals surface area contributed by atoms with Crippen molar-refractivity contribution >= 4 is 22.8 Å². The van der Waals surface area contributed by atoms with Crippen molar-refractivity contribution in [2.75, 3.05) is 0 Å². The van der Waals surface area contributed by atoms with Crippen LogP contribution in [0.15, 0.2) is 59.4 Å². The van der Waals surface area contributed by atoms with Crippen LogP contribution in [0.1, 0.15) is 47.3 Å². The lowest BCUT2D eigenvalue weighted by molar-refractivity contribution is -0.130. The van der Waals surface area contributed by atoms with Gasteiger partial charge in [0, 0.05) is 17.0 Å². The number of benzene rings is 2. The highest BCUT2D eigenvalue weighted by Crippen LogP contribution is 2.29. The molecule has 2 N–H and O–H groups in total. The van der Waals surface area contributed by atoms with Gasteiger partial charge in [-0.05, 0) is 43.4 Å². The fraction of sp³-hybridized carbons (Fsp3) is 0.261. The summed E-state index contributed by atoms with van der Waals surface area (Å²) in [6, 6.07) is 16.2. The Balaban J connectivity index is 1.49. The fourth-order valence-corrected chi connectivity index (χ4v) is 3.84. The molecule has 0 aliphatic heterocycles. The Labute approximate surface area is 167 Å². The molecule has 29 heavy (non-hydrogen) atoms. The maximum absolute atomic E-state index is 12.7. The molecule has 1 amide bonds. The molecule has 1 aromatic heterocycles. The molecule has 2 aromatic carbocycles. The number of H-pyrrole nitrogens is 1. The molecule has 0 unspecified atom stereocenters. The number of fused-ring (bicyclic) bond motifs is 2. The van der Waals surface area contributed by atoms with Gasteiger partial charge in [0.05, 0.1) is 11.6 Å². The Morgan fingerprint density at radius 1 is 1.14 bits per heavy atom. The lowest BCUT2D eigenvalue weighted by Gasteiger charge is -2.27. The van der Waals surface area contributed by atoms with E-state index in [0.29, 0.717) is 10.9 Å². The highest BCUT2D eigenvalue weighted by Gasteiger charge is 2.26. The van der Waals surface area contributed by atoms with E-state index in [0.717, 1.165) is 24.8 Å². The first-order valence-corrected chi connectivity index (χ1v) is 9.74. The van der Waals surface area contributed by atoms with Crippen molar-refractivity contribution in [1.82, 2.24) is 10.3 Å². The van der Waals surface area contributed by atoms with Gasteiger partial charge in [0.2, 0.25) is 5.56 Å². The minimum absolute atomic E-state index is 0.0889. The molecule has 0 bridgehead atoms. The average molecular weight is 390 g/mol. The summed E-state index contributed by atoms with van der Waals surface area (Å²) in [7, 11) is 0. The highest BCUT2D eigenvalue weighted by atomic mass is 16.5. The van der Waals surface area contributed by atoms with E-state index in [2.05, 4.69) is 16.4 Å². The number of hydrogen-bond acceptors (Lipinski definition) is 4. The average Bonchev–Trinajstić information content (AvgIpc) is 2.73. The van der Waals surface area contributed by atoms with Crippen LogP contribution in [-0.2, 0) is 16.0 Å². The van der Waals surface area contributed by atoms with Crippen molar-refractivity contribution in [1.29, 1.82) is 0 Å². The Morgan fingerprint density at radius 2 is 1.90 bits per heavy atom. The van der Waals surface area contributed by atoms with Crippen molar-refractivity contribution in [2.45, 2.75) is 38.3 Å². The molecule has 3 aromatic rings. The quantitative estimate of drug-likeness (QED) is 0.669. The third-order valence-electron chi connectivity index (χ3n) is 5.31. The Hall–Kier alpha value is -3.41. The molecule has 1 aliphatic carbocycles.